The van der Waals surface area contributed by atoms with Crippen LogP contribution in [0.2, 0.25) is 0 Å². The summed E-state index contributed by atoms with van der Waals surface area (Å²) in [4.78, 5) is 32.6. The summed E-state index contributed by atoms with van der Waals surface area (Å²) < 4.78 is 0. The molecule has 2 aromatic carbocycles. The summed E-state index contributed by atoms with van der Waals surface area (Å²) in [6.07, 6.45) is 5.05. The molecule has 2 atom stereocenters. The first-order valence-electron chi connectivity index (χ1n) is 11.0. The molecule has 152 valence electrons. The molecule has 3 saturated heterocycles. The maximum atomic E-state index is 13.3. The molecule has 3 aliphatic rings. The van der Waals surface area contributed by atoms with Crippen LogP contribution in [0.15, 0.2) is 42.5 Å². The Bertz CT molecular complexity index is 916. The van der Waals surface area contributed by atoms with Crippen LogP contribution in [0.3, 0.4) is 0 Å². The summed E-state index contributed by atoms with van der Waals surface area (Å²) in [7, 11) is 0. The molecule has 0 aliphatic carbocycles. The zero-order valence-electron chi connectivity index (χ0n) is 16.9. The van der Waals surface area contributed by atoms with Gasteiger partial charge in [-0.1, -0.05) is 36.4 Å². The Balaban J connectivity index is 1.32. The predicted molar refractivity (Wildman–Crippen MR) is 115 cm³/mol. The van der Waals surface area contributed by atoms with E-state index < -0.39 is 0 Å². The average molecular weight is 392 g/mol. The van der Waals surface area contributed by atoms with Crippen molar-refractivity contribution in [3.05, 3.63) is 42.5 Å². The second kappa shape index (κ2) is 7.79. The number of fused-ring (bicyclic) bond motifs is 1. The summed E-state index contributed by atoms with van der Waals surface area (Å²) in [6, 6.07) is 14.5. The summed E-state index contributed by atoms with van der Waals surface area (Å²) in [5.74, 6) is 0.0263. The first kappa shape index (κ1) is 18.6. The minimum Gasteiger partial charge on any atom is -0.338 e. The maximum absolute atomic E-state index is 13.3. The lowest BCUT2D eigenvalue weighted by Crippen LogP contribution is -2.45. The summed E-state index contributed by atoms with van der Waals surface area (Å²) >= 11 is 0. The molecule has 0 bridgehead atoms. The topological polar surface area (TPSA) is 43.9 Å². The largest absolute Gasteiger partial charge is 0.338 e. The highest BCUT2D eigenvalue weighted by atomic mass is 16.2. The highest BCUT2D eigenvalue weighted by molar-refractivity contribution is 6.07. The standard InChI is InChI=1S/C24H29N3O2/c28-23-15-19(16-27(23)22-11-5-8-18-7-1-2-10-21(18)22)24(29)26-14-6-9-20(26)17-25-12-3-4-13-25/h1-2,5,7-8,10-11,19-20H,3-4,6,9,12-17H2. The monoisotopic (exact) mass is 391 g/mol. The maximum Gasteiger partial charge on any atom is 0.228 e. The number of benzene rings is 2. The molecule has 5 rings (SSSR count). The molecule has 3 heterocycles. The van der Waals surface area contributed by atoms with Crippen LogP contribution in [-0.4, -0.2) is 60.4 Å². The lowest BCUT2D eigenvalue weighted by Gasteiger charge is -2.30. The van der Waals surface area contributed by atoms with E-state index in [0.717, 1.165) is 55.5 Å². The van der Waals surface area contributed by atoms with Crippen LogP contribution >= 0.6 is 0 Å². The quantitative estimate of drug-likeness (QED) is 0.803. The second-order valence-electron chi connectivity index (χ2n) is 8.74. The van der Waals surface area contributed by atoms with Crippen molar-refractivity contribution in [1.29, 1.82) is 0 Å². The molecule has 2 unspecified atom stereocenters. The van der Waals surface area contributed by atoms with Crippen molar-refractivity contribution in [2.24, 2.45) is 5.92 Å². The van der Waals surface area contributed by atoms with Gasteiger partial charge in [0, 0.05) is 37.5 Å². The molecular weight excluding hydrogens is 362 g/mol. The van der Waals surface area contributed by atoms with Crippen molar-refractivity contribution >= 4 is 28.3 Å². The molecular formula is C24H29N3O2. The Kier molecular flexibility index (Phi) is 5.00. The third-order valence-electron chi connectivity index (χ3n) is 6.86. The first-order valence-corrected chi connectivity index (χ1v) is 11.0. The molecule has 2 amide bonds. The number of carbonyl (C=O) groups excluding carboxylic acids is 2. The van der Waals surface area contributed by atoms with E-state index in [1.54, 1.807) is 0 Å². The molecule has 0 aromatic heterocycles. The molecule has 0 saturated carbocycles. The molecule has 3 aliphatic heterocycles. The lowest BCUT2D eigenvalue weighted by molar-refractivity contribution is -0.136. The molecule has 0 spiro atoms. The Morgan fingerprint density at radius 1 is 0.966 bits per heavy atom. The van der Waals surface area contributed by atoms with Gasteiger partial charge in [0.15, 0.2) is 0 Å². The average Bonchev–Trinajstić information content (AvgIpc) is 3.49. The van der Waals surface area contributed by atoms with Gasteiger partial charge in [0.2, 0.25) is 11.8 Å². The molecule has 0 N–H and O–H groups in total. The van der Waals surface area contributed by atoms with E-state index in [-0.39, 0.29) is 17.7 Å². The Hall–Kier alpha value is -2.40. The van der Waals surface area contributed by atoms with Gasteiger partial charge in [-0.3, -0.25) is 9.59 Å². The van der Waals surface area contributed by atoms with Crippen LogP contribution in [0.1, 0.15) is 32.1 Å². The van der Waals surface area contributed by atoms with Gasteiger partial charge in [-0.15, -0.1) is 0 Å². The number of rotatable bonds is 4. The van der Waals surface area contributed by atoms with Crippen LogP contribution in [-0.2, 0) is 9.59 Å². The zero-order valence-corrected chi connectivity index (χ0v) is 16.9. The van der Waals surface area contributed by atoms with Crippen molar-refractivity contribution in [3.63, 3.8) is 0 Å². The molecule has 3 fully saturated rings. The normalized spacial score (nSPS) is 25.4. The van der Waals surface area contributed by atoms with Gasteiger partial charge in [-0.2, -0.15) is 0 Å². The first-order chi connectivity index (χ1) is 14.2. The summed E-state index contributed by atoms with van der Waals surface area (Å²) in [5, 5.41) is 2.20. The fraction of sp³-hybridized carbons (Fsp3) is 0.500. The van der Waals surface area contributed by atoms with Crippen LogP contribution in [0.4, 0.5) is 5.69 Å². The number of amides is 2. The van der Waals surface area contributed by atoms with E-state index in [2.05, 4.69) is 28.0 Å². The summed E-state index contributed by atoms with van der Waals surface area (Å²) in [6.45, 7) is 4.67. The molecule has 5 nitrogen and oxygen atoms in total. The minimum absolute atomic E-state index is 0.0648. The third-order valence-corrected chi connectivity index (χ3v) is 6.86. The van der Waals surface area contributed by atoms with Crippen LogP contribution in [0.25, 0.3) is 10.8 Å². The van der Waals surface area contributed by atoms with Crippen molar-refractivity contribution in [3.8, 4) is 0 Å². The van der Waals surface area contributed by atoms with Crippen molar-refractivity contribution in [2.45, 2.75) is 38.1 Å². The Morgan fingerprint density at radius 3 is 2.62 bits per heavy atom. The van der Waals surface area contributed by atoms with E-state index in [1.807, 2.05) is 29.2 Å². The number of hydrogen-bond acceptors (Lipinski definition) is 3. The number of hydrogen-bond donors (Lipinski definition) is 0. The van der Waals surface area contributed by atoms with E-state index in [0.29, 0.717) is 19.0 Å². The molecule has 2 aromatic rings. The SMILES string of the molecule is O=C1CC(C(=O)N2CCCC2CN2CCCC2)CN1c1cccc2ccccc12. The van der Waals surface area contributed by atoms with Crippen LogP contribution in [0, 0.1) is 5.92 Å². The van der Waals surface area contributed by atoms with Gasteiger partial charge >= 0.3 is 0 Å². The zero-order chi connectivity index (χ0) is 19.8. The van der Waals surface area contributed by atoms with Crippen LogP contribution < -0.4 is 4.90 Å². The highest BCUT2D eigenvalue weighted by Crippen LogP contribution is 2.33. The minimum atomic E-state index is -0.222. The number of anilines is 1. The van der Waals surface area contributed by atoms with E-state index in [9.17, 15) is 9.59 Å². The van der Waals surface area contributed by atoms with Crippen molar-refractivity contribution < 1.29 is 9.59 Å². The van der Waals surface area contributed by atoms with Gasteiger partial charge in [0.1, 0.15) is 0 Å². The van der Waals surface area contributed by atoms with Gasteiger partial charge in [-0.05, 0) is 50.2 Å². The highest BCUT2D eigenvalue weighted by Gasteiger charge is 2.41. The molecule has 5 heteroatoms. The Labute approximate surface area is 172 Å². The van der Waals surface area contributed by atoms with Crippen LogP contribution in [0.5, 0.6) is 0 Å². The van der Waals surface area contributed by atoms with Gasteiger partial charge in [0.25, 0.3) is 0 Å². The predicted octanol–water partition coefficient (Wildman–Crippen LogP) is 3.28. The van der Waals surface area contributed by atoms with Gasteiger partial charge in [0.05, 0.1) is 11.6 Å². The fourth-order valence-electron chi connectivity index (χ4n) is 5.36. The van der Waals surface area contributed by atoms with Gasteiger partial charge < -0.3 is 14.7 Å². The smallest absolute Gasteiger partial charge is 0.228 e. The fourth-order valence-corrected chi connectivity index (χ4v) is 5.36. The Morgan fingerprint density at radius 2 is 1.76 bits per heavy atom. The van der Waals surface area contributed by atoms with E-state index in [4.69, 9.17) is 0 Å². The van der Waals surface area contributed by atoms with Crippen molar-refractivity contribution in [2.75, 3.05) is 37.6 Å². The van der Waals surface area contributed by atoms with E-state index in [1.165, 1.54) is 12.8 Å². The number of nitrogens with zero attached hydrogens (tertiary/aromatic N) is 3. The summed E-state index contributed by atoms with van der Waals surface area (Å²) in [5.41, 5.74) is 0.929. The van der Waals surface area contributed by atoms with Crippen molar-refractivity contribution in [1.82, 2.24) is 9.80 Å². The molecule has 29 heavy (non-hydrogen) atoms. The number of carbonyl (C=O) groups is 2. The lowest BCUT2D eigenvalue weighted by atomic mass is 10.1. The molecule has 0 radical (unpaired) electrons. The van der Waals surface area contributed by atoms with Gasteiger partial charge in [-0.25, -0.2) is 0 Å². The second-order valence-corrected chi connectivity index (χ2v) is 8.74. The third kappa shape index (κ3) is 3.52. The number of likely N-dealkylation sites (tertiary alicyclic amines) is 2. The van der Waals surface area contributed by atoms with E-state index >= 15 is 0 Å².